The largest absolute Gasteiger partial charge is 0.328 e. The van der Waals surface area contributed by atoms with E-state index in [0.717, 1.165) is 11.3 Å². The highest BCUT2D eigenvalue weighted by atomic mass is 15.3. The smallest absolute Gasteiger partial charge is 0.0841 e. The zero-order valence-electron chi connectivity index (χ0n) is 8.77. The molecule has 2 atom stereocenters. The van der Waals surface area contributed by atoms with E-state index in [0.29, 0.717) is 0 Å². The van der Waals surface area contributed by atoms with Crippen LogP contribution in [0.5, 0.6) is 0 Å². The van der Waals surface area contributed by atoms with Crippen molar-refractivity contribution in [2.24, 2.45) is 11.3 Å². The van der Waals surface area contributed by atoms with E-state index in [-0.39, 0.29) is 0 Å². The Morgan fingerprint density at radius 3 is 2.42 bits per heavy atom. The molecule has 0 radical (unpaired) electrons. The molecule has 0 N–H and O–H groups in total. The third-order valence-electron chi connectivity index (χ3n) is 3.96. The monoisotopic (exact) mass is 168 g/mol. The fourth-order valence-electron chi connectivity index (χ4n) is 3.47. The number of likely N-dealkylation sites (tertiary alicyclic amines) is 1. The predicted octanol–water partition coefficient (Wildman–Crippen LogP) is 2.27. The minimum atomic E-state index is 0.767. The lowest BCUT2D eigenvalue weighted by molar-refractivity contribution is -0.881. The van der Waals surface area contributed by atoms with Crippen molar-refractivity contribution in [3.8, 4) is 0 Å². The molecule has 1 aliphatic carbocycles. The first kappa shape index (κ1) is 8.55. The Hall–Kier alpha value is -0.0400. The molecule has 1 heteroatoms. The Kier molecular flexibility index (Phi) is 1.76. The minimum absolute atomic E-state index is 0.767. The van der Waals surface area contributed by atoms with Crippen molar-refractivity contribution in [3.05, 3.63) is 0 Å². The van der Waals surface area contributed by atoms with Gasteiger partial charge in [0, 0.05) is 11.8 Å². The second-order valence-corrected chi connectivity index (χ2v) is 5.92. The fraction of sp³-hybridized carbons (Fsp3) is 1.00. The molecule has 0 amide bonds. The van der Waals surface area contributed by atoms with Crippen molar-refractivity contribution in [2.75, 3.05) is 27.2 Å². The van der Waals surface area contributed by atoms with Gasteiger partial charge in [-0.2, -0.15) is 0 Å². The maximum absolute atomic E-state index is 2.42. The summed E-state index contributed by atoms with van der Waals surface area (Å²) in [6.07, 6.45) is 5.99. The zero-order chi connectivity index (χ0) is 8.82. The van der Waals surface area contributed by atoms with Crippen molar-refractivity contribution in [2.45, 2.75) is 32.6 Å². The van der Waals surface area contributed by atoms with Gasteiger partial charge < -0.3 is 4.48 Å². The van der Waals surface area contributed by atoms with E-state index < -0.39 is 0 Å². The first-order valence-electron chi connectivity index (χ1n) is 5.33. The molecule has 0 aromatic carbocycles. The average molecular weight is 168 g/mol. The molecule has 1 saturated carbocycles. The van der Waals surface area contributed by atoms with Crippen molar-refractivity contribution in [3.63, 3.8) is 0 Å². The summed E-state index contributed by atoms with van der Waals surface area (Å²) in [5, 5.41) is 0. The number of hydrogen-bond acceptors (Lipinski definition) is 0. The predicted molar refractivity (Wildman–Crippen MR) is 51.9 cm³/mol. The SMILES string of the molecule is CC1CCC2(CC[N+](C)(C)C2)C1. The molecule has 1 saturated heterocycles. The van der Waals surface area contributed by atoms with Crippen LogP contribution in [0.15, 0.2) is 0 Å². The van der Waals surface area contributed by atoms with E-state index in [1.807, 2.05) is 0 Å². The van der Waals surface area contributed by atoms with Gasteiger partial charge >= 0.3 is 0 Å². The summed E-state index contributed by atoms with van der Waals surface area (Å²) in [6, 6.07) is 0. The molecular formula is C11H22N+. The summed E-state index contributed by atoms with van der Waals surface area (Å²) in [5.74, 6) is 1.00. The molecule has 2 rings (SSSR count). The molecule has 12 heavy (non-hydrogen) atoms. The Morgan fingerprint density at radius 1 is 1.25 bits per heavy atom. The summed E-state index contributed by atoms with van der Waals surface area (Å²) < 4.78 is 1.27. The number of nitrogens with zero attached hydrogens (tertiary/aromatic N) is 1. The van der Waals surface area contributed by atoms with Crippen LogP contribution in [0.1, 0.15) is 32.6 Å². The van der Waals surface area contributed by atoms with Crippen LogP contribution in [0.25, 0.3) is 0 Å². The van der Waals surface area contributed by atoms with E-state index in [9.17, 15) is 0 Å². The van der Waals surface area contributed by atoms with Crippen molar-refractivity contribution in [1.82, 2.24) is 0 Å². The molecule has 1 spiro atoms. The van der Waals surface area contributed by atoms with E-state index in [1.165, 1.54) is 43.3 Å². The van der Waals surface area contributed by atoms with Crippen molar-refractivity contribution < 1.29 is 4.48 Å². The molecule has 2 aliphatic rings. The molecule has 2 unspecified atom stereocenters. The molecule has 0 aromatic heterocycles. The highest BCUT2D eigenvalue weighted by Gasteiger charge is 2.47. The summed E-state index contributed by atoms with van der Waals surface area (Å²) >= 11 is 0. The maximum Gasteiger partial charge on any atom is 0.0841 e. The van der Waals surface area contributed by atoms with Crippen LogP contribution < -0.4 is 0 Å². The Morgan fingerprint density at radius 2 is 2.00 bits per heavy atom. The molecular weight excluding hydrogens is 146 g/mol. The molecule has 70 valence electrons. The standard InChI is InChI=1S/C11H22N/c1-10-4-5-11(8-10)6-7-12(2,3)9-11/h10H,4-9H2,1-3H3/q+1. The van der Waals surface area contributed by atoms with Crippen LogP contribution in [0.2, 0.25) is 0 Å². The van der Waals surface area contributed by atoms with E-state index >= 15 is 0 Å². The molecule has 1 nitrogen and oxygen atoms in total. The highest BCUT2D eigenvalue weighted by molar-refractivity contribution is 4.90. The molecule has 1 aliphatic heterocycles. The Balaban J connectivity index is 2.06. The van der Waals surface area contributed by atoms with Gasteiger partial charge in [0.05, 0.1) is 27.2 Å². The highest BCUT2D eigenvalue weighted by Crippen LogP contribution is 2.48. The summed E-state index contributed by atoms with van der Waals surface area (Å²) in [5.41, 5.74) is 0.767. The first-order valence-corrected chi connectivity index (χ1v) is 5.33. The van der Waals surface area contributed by atoms with E-state index in [1.54, 1.807) is 0 Å². The number of quaternary nitrogens is 1. The van der Waals surface area contributed by atoms with Gasteiger partial charge in [-0.05, 0) is 25.2 Å². The molecule has 0 aromatic rings. The van der Waals surface area contributed by atoms with Crippen LogP contribution in [0.3, 0.4) is 0 Å². The zero-order valence-corrected chi connectivity index (χ0v) is 8.77. The van der Waals surface area contributed by atoms with Crippen LogP contribution in [-0.4, -0.2) is 31.7 Å². The maximum atomic E-state index is 2.42. The van der Waals surface area contributed by atoms with Gasteiger partial charge in [-0.1, -0.05) is 6.92 Å². The van der Waals surface area contributed by atoms with Crippen molar-refractivity contribution >= 4 is 0 Å². The van der Waals surface area contributed by atoms with Gasteiger partial charge in [-0.3, -0.25) is 0 Å². The Labute approximate surface area is 76.3 Å². The topological polar surface area (TPSA) is 0 Å². The normalized spacial score (nSPS) is 45.8. The Bertz CT molecular complexity index is 185. The van der Waals surface area contributed by atoms with Crippen LogP contribution >= 0.6 is 0 Å². The minimum Gasteiger partial charge on any atom is -0.328 e. The van der Waals surface area contributed by atoms with Gasteiger partial charge in [0.2, 0.25) is 0 Å². The average Bonchev–Trinajstić information content (AvgIpc) is 2.41. The van der Waals surface area contributed by atoms with Gasteiger partial charge in [-0.25, -0.2) is 0 Å². The summed E-state index contributed by atoms with van der Waals surface area (Å²) in [6.45, 7) is 5.27. The lowest BCUT2D eigenvalue weighted by atomic mass is 9.85. The summed E-state index contributed by atoms with van der Waals surface area (Å²) in [7, 11) is 4.77. The second-order valence-electron chi connectivity index (χ2n) is 5.92. The van der Waals surface area contributed by atoms with Gasteiger partial charge in [0.1, 0.15) is 0 Å². The third-order valence-corrected chi connectivity index (χ3v) is 3.96. The van der Waals surface area contributed by atoms with E-state index in [4.69, 9.17) is 0 Å². The second kappa shape index (κ2) is 2.47. The van der Waals surface area contributed by atoms with Gasteiger partial charge in [0.15, 0.2) is 0 Å². The first-order chi connectivity index (χ1) is 5.52. The van der Waals surface area contributed by atoms with Crippen molar-refractivity contribution in [1.29, 1.82) is 0 Å². The van der Waals surface area contributed by atoms with Crippen LogP contribution in [-0.2, 0) is 0 Å². The van der Waals surface area contributed by atoms with E-state index in [2.05, 4.69) is 21.0 Å². The molecule has 0 bridgehead atoms. The lowest BCUT2D eigenvalue weighted by Gasteiger charge is -2.27. The third kappa shape index (κ3) is 1.39. The van der Waals surface area contributed by atoms with Crippen LogP contribution in [0, 0.1) is 11.3 Å². The summed E-state index contributed by atoms with van der Waals surface area (Å²) in [4.78, 5) is 0. The fourth-order valence-corrected chi connectivity index (χ4v) is 3.47. The quantitative estimate of drug-likeness (QED) is 0.487. The number of hydrogen-bond donors (Lipinski definition) is 0. The lowest BCUT2D eigenvalue weighted by Crippen LogP contribution is -2.38. The molecule has 2 fully saturated rings. The van der Waals surface area contributed by atoms with Crippen LogP contribution in [0.4, 0.5) is 0 Å². The van der Waals surface area contributed by atoms with Gasteiger partial charge in [-0.15, -0.1) is 0 Å². The molecule has 1 heterocycles. The number of rotatable bonds is 0. The van der Waals surface area contributed by atoms with Gasteiger partial charge in [0.25, 0.3) is 0 Å².